The van der Waals surface area contributed by atoms with Gasteiger partial charge in [-0.3, -0.25) is 4.79 Å². The third-order valence-corrected chi connectivity index (χ3v) is 4.63. The second-order valence-electron chi connectivity index (χ2n) is 4.99. The van der Waals surface area contributed by atoms with E-state index in [1.54, 1.807) is 7.11 Å². The number of unbranched alkanes of at least 4 members (excludes halogenated alkanes) is 3. The van der Waals surface area contributed by atoms with Gasteiger partial charge in [-0.25, -0.2) is 0 Å². The Kier molecular flexibility index (Phi) is 5.44. The number of nitrogens with two attached hydrogens (primary N) is 1. The molecule has 4 nitrogen and oxygen atoms in total. The van der Waals surface area contributed by atoms with E-state index in [1.807, 2.05) is 18.2 Å². The molecule has 1 heterocycles. The molecule has 0 unspecified atom stereocenters. The number of nitrogen functional groups attached to an aromatic ring is 1. The van der Waals surface area contributed by atoms with Crippen molar-refractivity contribution in [2.45, 2.75) is 32.6 Å². The lowest BCUT2D eigenvalue weighted by atomic mass is 10.2. The van der Waals surface area contributed by atoms with Gasteiger partial charge < -0.3 is 15.8 Å². The third kappa shape index (κ3) is 3.47. The van der Waals surface area contributed by atoms with Crippen molar-refractivity contribution >= 4 is 33.0 Å². The summed E-state index contributed by atoms with van der Waals surface area (Å²) < 4.78 is 6.30. The molecule has 21 heavy (non-hydrogen) atoms. The van der Waals surface area contributed by atoms with E-state index in [0.717, 1.165) is 22.9 Å². The Morgan fingerprint density at radius 1 is 1.33 bits per heavy atom. The molecule has 0 aliphatic rings. The number of thiophene rings is 1. The quantitative estimate of drug-likeness (QED) is 0.765. The zero-order valence-corrected chi connectivity index (χ0v) is 13.4. The average Bonchev–Trinajstić information content (AvgIpc) is 2.84. The topological polar surface area (TPSA) is 64.3 Å². The second-order valence-corrected chi connectivity index (χ2v) is 6.05. The van der Waals surface area contributed by atoms with Gasteiger partial charge in [0.1, 0.15) is 10.6 Å². The highest BCUT2D eigenvalue weighted by Crippen LogP contribution is 2.39. The van der Waals surface area contributed by atoms with Crippen molar-refractivity contribution in [2.24, 2.45) is 0 Å². The Morgan fingerprint density at radius 2 is 2.14 bits per heavy atom. The molecule has 0 spiro atoms. The van der Waals surface area contributed by atoms with Crippen LogP contribution in [-0.4, -0.2) is 19.6 Å². The number of carbonyl (C=O) groups is 1. The Labute approximate surface area is 129 Å². The molecule has 0 atom stereocenters. The van der Waals surface area contributed by atoms with Gasteiger partial charge in [-0.05, 0) is 18.6 Å². The Balaban J connectivity index is 2.11. The summed E-state index contributed by atoms with van der Waals surface area (Å²) in [6.07, 6.45) is 4.55. The maximum Gasteiger partial charge on any atom is 0.263 e. The Hall–Kier alpha value is -1.75. The molecule has 1 aromatic heterocycles. The number of nitrogens with one attached hydrogen (secondary N) is 1. The van der Waals surface area contributed by atoms with Gasteiger partial charge in [0.25, 0.3) is 5.91 Å². The summed E-state index contributed by atoms with van der Waals surface area (Å²) in [7, 11) is 1.61. The first kappa shape index (κ1) is 15.6. The van der Waals surface area contributed by atoms with Crippen LogP contribution in [0.2, 0.25) is 0 Å². The molecule has 0 aliphatic heterocycles. The van der Waals surface area contributed by atoms with Crippen LogP contribution in [0.5, 0.6) is 5.75 Å². The van der Waals surface area contributed by atoms with E-state index in [9.17, 15) is 4.79 Å². The van der Waals surface area contributed by atoms with Crippen LogP contribution in [0, 0.1) is 0 Å². The molecule has 0 saturated heterocycles. The van der Waals surface area contributed by atoms with Crippen molar-refractivity contribution in [3.8, 4) is 5.75 Å². The summed E-state index contributed by atoms with van der Waals surface area (Å²) in [6.45, 7) is 2.87. The zero-order chi connectivity index (χ0) is 15.2. The second kappa shape index (κ2) is 7.31. The molecule has 5 heteroatoms. The standard InChI is InChI=1S/C16H22N2O2S/c1-3-4-5-6-10-18-16(19)15-14(17)13-11(20-2)8-7-9-12(13)21-15/h7-9H,3-6,10,17H2,1-2H3,(H,18,19). The van der Waals surface area contributed by atoms with Gasteiger partial charge in [0.05, 0.1) is 18.2 Å². The van der Waals surface area contributed by atoms with E-state index < -0.39 is 0 Å². The molecule has 2 rings (SSSR count). The fraction of sp³-hybridized carbons (Fsp3) is 0.438. The SMILES string of the molecule is CCCCCCNC(=O)c1sc2cccc(OC)c2c1N. The number of anilines is 1. The van der Waals surface area contributed by atoms with Crippen molar-refractivity contribution in [1.29, 1.82) is 0 Å². The molecule has 114 valence electrons. The van der Waals surface area contributed by atoms with E-state index in [1.165, 1.54) is 24.2 Å². The van der Waals surface area contributed by atoms with Crippen LogP contribution in [0.15, 0.2) is 18.2 Å². The van der Waals surface area contributed by atoms with Crippen LogP contribution < -0.4 is 15.8 Å². The van der Waals surface area contributed by atoms with Crippen molar-refractivity contribution in [1.82, 2.24) is 5.32 Å². The number of hydrogen-bond donors (Lipinski definition) is 2. The molecular weight excluding hydrogens is 284 g/mol. The zero-order valence-electron chi connectivity index (χ0n) is 12.6. The van der Waals surface area contributed by atoms with E-state index in [4.69, 9.17) is 10.5 Å². The summed E-state index contributed by atoms with van der Waals surface area (Å²) in [5, 5.41) is 3.78. The highest BCUT2D eigenvalue weighted by Gasteiger charge is 2.18. The maximum atomic E-state index is 12.2. The minimum absolute atomic E-state index is 0.0905. The van der Waals surface area contributed by atoms with Gasteiger partial charge in [0, 0.05) is 11.2 Å². The number of methoxy groups -OCH3 is 1. The number of hydrogen-bond acceptors (Lipinski definition) is 4. The van der Waals surface area contributed by atoms with Gasteiger partial charge in [-0.1, -0.05) is 32.3 Å². The predicted molar refractivity (Wildman–Crippen MR) is 89.3 cm³/mol. The summed E-state index contributed by atoms with van der Waals surface area (Å²) in [4.78, 5) is 12.8. The first-order valence-corrected chi connectivity index (χ1v) is 8.13. The van der Waals surface area contributed by atoms with Crippen LogP contribution in [0.25, 0.3) is 10.1 Å². The fourth-order valence-electron chi connectivity index (χ4n) is 2.31. The first-order valence-electron chi connectivity index (χ1n) is 7.32. The molecule has 1 aromatic carbocycles. The largest absolute Gasteiger partial charge is 0.496 e. The molecule has 0 saturated carbocycles. The van der Waals surface area contributed by atoms with Crippen LogP contribution in [-0.2, 0) is 0 Å². The van der Waals surface area contributed by atoms with Gasteiger partial charge in [-0.15, -0.1) is 11.3 Å². The summed E-state index contributed by atoms with van der Waals surface area (Å²) >= 11 is 1.41. The van der Waals surface area contributed by atoms with E-state index >= 15 is 0 Å². The Bertz CT molecular complexity index is 622. The number of rotatable bonds is 7. The normalized spacial score (nSPS) is 10.8. The van der Waals surface area contributed by atoms with E-state index in [-0.39, 0.29) is 5.91 Å². The lowest BCUT2D eigenvalue weighted by Crippen LogP contribution is -2.24. The smallest absolute Gasteiger partial charge is 0.263 e. The summed E-state index contributed by atoms with van der Waals surface area (Å²) in [5.41, 5.74) is 6.65. The van der Waals surface area contributed by atoms with Crippen molar-refractivity contribution < 1.29 is 9.53 Å². The number of carbonyl (C=O) groups excluding carboxylic acids is 1. The number of ether oxygens (including phenoxy) is 1. The molecule has 0 bridgehead atoms. The van der Waals surface area contributed by atoms with Crippen molar-refractivity contribution in [3.63, 3.8) is 0 Å². The van der Waals surface area contributed by atoms with Gasteiger partial charge in [0.15, 0.2) is 0 Å². The number of amides is 1. The van der Waals surface area contributed by atoms with Gasteiger partial charge in [-0.2, -0.15) is 0 Å². The number of fused-ring (bicyclic) bond motifs is 1. The molecule has 2 aromatic rings. The highest BCUT2D eigenvalue weighted by molar-refractivity contribution is 7.21. The van der Waals surface area contributed by atoms with Crippen molar-refractivity contribution in [3.05, 3.63) is 23.1 Å². The predicted octanol–water partition coefficient (Wildman–Crippen LogP) is 3.80. The van der Waals surface area contributed by atoms with E-state index in [2.05, 4.69) is 12.2 Å². The first-order chi connectivity index (χ1) is 10.2. The monoisotopic (exact) mass is 306 g/mol. The van der Waals surface area contributed by atoms with Crippen LogP contribution in [0.3, 0.4) is 0 Å². The van der Waals surface area contributed by atoms with E-state index in [0.29, 0.717) is 22.9 Å². The maximum absolute atomic E-state index is 12.2. The molecule has 3 N–H and O–H groups in total. The Morgan fingerprint density at radius 3 is 2.86 bits per heavy atom. The van der Waals surface area contributed by atoms with Crippen LogP contribution >= 0.6 is 11.3 Å². The van der Waals surface area contributed by atoms with Gasteiger partial charge >= 0.3 is 0 Å². The number of benzene rings is 1. The molecule has 0 fully saturated rings. The highest BCUT2D eigenvalue weighted by atomic mass is 32.1. The molecule has 1 amide bonds. The van der Waals surface area contributed by atoms with Crippen molar-refractivity contribution in [2.75, 3.05) is 19.4 Å². The molecule has 0 aliphatic carbocycles. The van der Waals surface area contributed by atoms with Crippen LogP contribution in [0.4, 0.5) is 5.69 Å². The minimum Gasteiger partial charge on any atom is -0.496 e. The average molecular weight is 306 g/mol. The molecular formula is C16H22N2O2S. The summed E-state index contributed by atoms with van der Waals surface area (Å²) in [5.74, 6) is 0.621. The third-order valence-electron chi connectivity index (χ3n) is 3.46. The fourth-order valence-corrected chi connectivity index (χ4v) is 3.37. The minimum atomic E-state index is -0.0905. The molecule has 0 radical (unpaired) electrons. The lowest BCUT2D eigenvalue weighted by Gasteiger charge is -2.05. The lowest BCUT2D eigenvalue weighted by molar-refractivity contribution is 0.0958. The van der Waals surface area contributed by atoms with Gasteiger partial charge in [0.2, 0.25) is 0 Å². The summed E-state index contributed by atoms with van der Waals surface area (Å²) in [6, 6.07) is 5.72. The van der Waals surface area contributed by atoms with Crippen LogP contribution in [0.1, 0.15) is 42.3 Å².